The lowest BCUT2D eigenvalue weighted by Gasteiger charge is -2.28. The Morgan fingerprint density at radius 2 is 1.51 bits per heavy atom. The van der Waals surface area contributed by atoms with Crippen molar-refractivity contribution in [3.63, 3.8) is 0 Å². The van der Waals surface area contributed by atoms with Gasteiger partial charge >= 0.3 is 6.03 Å². The van der Waals surface area contributed by atoms with Crippen LogP contribution in [0.15, 0.2) is 72.8 Å². The molecule has 0 bridgehead atoms. The van der Waals surface area contributed by atoms with E-state index in [0.29, 0.717) is 43.9 Å². The molecule has 1 saturated heterocycles. The molecule has 0 unspecified atom stereocenters. The van der Waals surface area contributed by atoms with Gasteiger partial charge in [0.05, 0.1) is 19.2 Å². The van der Waals surface area contributed by atoms with Crippen LogP contribution in [-0.2, 0) is 16.0 Å². The van der Waals surface area contributed by atoms with Crippen molar-refractivity contribution < 1.29 is 28.7 Å². The maximum Gasteiger partial charge on any atom is 0.321 e. The summed E-state index contributed by atoms with van der Waals surface area (Å²) in [5.41, 5.74) is 2.69. The van der Waals surface area contributed by atoms with Gasteiger partial charge in [-0.15, -0.1) is 0 Å². The smallest absolute Gasteiger partial charge is 0.321 e. The highest BCUT2D eigenvalue weighted by molar-refractivity contribution is 6.03. The first-order chi connectivity index (χ1) is 25.4. The maximum atomic E-state index is 14.1. The number of nitrogens with zero attached hydrogens (tertiary/aromatic N) is 1. The molecule has 13 nitrogen and oxygen atoms in total. The highest BCUT2D eigenvalue weighted by Gasteiger charge is 2.27. The summed E-state index contributed by atoms with van der Waals surface area (Å²) in [4.78, 5) is 67.9. The summed E-state index contributed by atoms with van der Waals surface area (Å²) in [7, 11) is 1.59. The number of hydrogen-bond acceptors (Lipinski definition) is 7. The molecule has 0 spiro atoms. The van der Waals surface area contributed by atoms with Gasteiger partial charge in [0.25, 0.3) is 11.8 Å². The van der Waals surface area contributed by atoms with E-state index in [2.05, 4.69) is 31.9 Å². The molecular formula is C40H53N7O6. The van der Waals surface area contributed by atoms with Crippen LogP contribution in [0.25, 0.3) is 0 Å². The van der Waals surface area contributed by atoms with Crippen LogP contribution in [0, 0.1) is 5.92 Å². The molecule has 1 heterocycles. The van der Waals surface area contributed by atoms with E-state index in [0.717, 1.165) is 11.1 Å². The number of urea groups is 1. The lowest BCUT2D eigenvalue weighted by Crippen LogP contribution is -2.55. The number of benzene rings is 3. The second-order valence-corrected chi connectivity index (χ2v) is 13.6. The molecule has 53 heavy (non-hydrogen) atoms. The number of amides is 6. The molecule has 1 fully saturated rings. The molecule has 1 aliphatic heterocycles. The third-order valence-corrected chi connectivity index (χ3v) is 9.12. The van der Waals surface area contributed by atoms with Gasteiger partial charge in [0.1, 0.15) is 11.8 Å². The van der Waals surface area contributed by atoms with Crippen LogP contribution < -0.4 is 41.5 Å². The van der Waals surface area contributed by atoms with Crippen molar-refractivity contribution in [2.24, 2.45) is 5.92 Å². The summed E-state index contributed by atoms with van der Waals surface area (Å²) in [6, 6.07) is 19.3. The van der Waals surface area contributed by atoms with Crippen molar-refractivity contribution in [1.82, 2.24) is 31.9 Å². The fourth-order valence-electron chi connectivity index (χ4n) is 6.01. The van der Waals surface area contributed by atoms with E-state index in [1.54, 1.807) is 26.2 Å². The van der Waals surface area contributed by atoms with Crippen molar-refractivity contribution in [3.05, 3.63) is 95.1 Å². The van der Waals surface area contributed by atoms with Crippen LogP contribution in [0.1, 0.15) is 78.9 Å². The van der Waals surface area contributed by atoms with Crippen LogP contribution in [0.5, 0.6) is 5.75 Å². The van der Waals surface area contributed by atoms with Gasteiger partial charge in [0.2, 0.25) is 11.8 Å². The quantitative estimate of drug-likeness (QED) is 0.123. The summed E-state index contributed by atoms with van der Waals surface area (Å²) in [5.74, 6) is -0.859. The topological polar surface area (TPSA) is 170 Å². The molecule has 0 saturated carbocycles. The molecule has 6 N–H and O–H groups in total. The molecule has 3 aromatic rings. The second-order valence-electron chi connectivity index (χ2n) is 13.6. The van der Waals surface area contributed by atoms with Crippen LogP contribution in [0.2, 0.25) is 0 Å². The Bertz CT molecular complexity index is 1720. The molecule has 4 rings (SSSR count). The molecule has 4 atom stereocenters. The SMILES string of the molecule is CCNC(=O)[C@@H](NC(=O)[C@H](C)NC[C@H](Cc1ccccc1)NC(=O)c1cc(C(=O)N[C@H](C)c2ccc(OC)cc2)cc(N2CCCNC2=O)c1)C(C)C. The average Bonchev–Trinajstić information content (AvgIpc) is 3.16. The first-order valence-electron chi connectivity index (χ1n) is 18.2. The highest BCUT2D eigenvalue weighted by atomic mass is 16.5. The number of rotatable bonds is 17. The van der Waals surface area contributed by atoms with E-state index in [1.165, 1.54) is 11.0 Å². The molecule has 0 radical (unpaired) electrons. The Balaban J connectivity index is 1.56. The van der Waals surface area contributed by atoms with Crippen molar-refractivity contribution >= 4 is 35.3 Å². The summed E-state index contributed by atoms with van der Waals surface area (Å²) in [6.07, 6.45) is 1.15. The lowest BCUT2D eigenvalue weighted by molar-refractivity contribution is -0.130. The number of carbonyl (C=O) groups excluding carboxylic acids is 5. The Kier molecular flexibility index (Phi) is 14.8. The summed E-state index contributed by atoms with van der Waals surface area (Å²) in [6.45, 7) is 10.8. The number of carbonyl (C=O) groups is 5. The van der Waals surface area contributed by atoms with E-state index >= 15 is 0 Å². The van der Waals surface area contributed by atoms with Crippen molar-refractivity contribution in [2.75, 3.05) is 38.2 Å². The second kappa shape index (κ2) is 19.4. The predicted octanol–water partition coefficient (Wildman–Crippen LogP) is 3.70. The normalized spacial score (nSPS) is 15.0. The number of anilines is 1. The first-order valence-corrected chi connectivity index (χ1v) is 18.2. The molecule has 6 amide bonds. The van der Waals surface area contributed by atoms with E-state index in [-0.39, 0.29) is 47.5 Å². The Hall–Kier alpha value is -5.43. The van der Waals surface area contributed by atoms with Gasteiger partial charge in [0, 0.05) is 49.0 Å². The van der Waals surface area contributed by atoms with Gasteiger partial charge in [-0.1, -0.05) is 56.3 Å². The fraction of sp³-hybridized carbons (Fsp3) is 0.425. The van der Waals surface area contributed by atoms with Gasteiger partial charge in [0.15, 0.2) is 0 Å². The minimum Gasteiger partial charge on any atom is -0.497 e. The zero-order chi connectivity index (χ0) is 38.5. The molecule has 1 aliphatic rings. The van der Waals surface area contributed by atoms with E-state index < -0.39 is 29.9 Å². The van der Waals surface area contributed by atoms with Crippen LogP contribution in [0.4, 0.5) is 10.5 Å². The molecule has 13 heteroatoms. The third-order valence-electron chi connectivity index (χ3n) is 9.12. The third kappa shape index (κ3) is 11.5. The predicted molar refractivity (Wildman–Crippen MR) is 205 cm³/mol. The van der Waals surface area contributed by atoms with E-state index in [9.17, 15) is 24.0 Å². The van der Waals surface area contributed by atoms with Gasteiger partial charge in [-0.25, -0.2) is 4.79 Å². The highest BCUT2D eigenvalue weighted by Crippen LogP contribution is 2.23. The van der Waals surface area contributed by atoms with Crippen molar-refractivity contribution in [3.8, 4) is 5.75 Å². The summed E-state index contributed by atoms with van der Waals surface area (Å²) in [5, 5.41) is 17.8. The largest absolute Gasteiger partial charge is 0.497 e. The van der Waals surface area contributed by atoms with Gasteiger partial charge in [-0.2, -0.15) is 0 Å². The van der Waals surface area contributed by atoms with Crippen molar-refractivity contribution in [2.45, 2.75) is 71.6 Å². The number of likely N-dealkylation sites (N-methyl/N-ethyl adjacent to an activating group) is 1. The minimum absolute atomic E-state index is 0.118. The van der Waals surface area contributed by atoms with Crippen LogP contribution >= 0.6 is 0 Å². The first kappa shape index (κ1) is 40.3. The zero-order valence-corrected chi connectivity index (χ0v) is 31.5. The van der Waals surface area contributed by atoms with Gasteiger partial charge < -0.3 is 36.6 Å². The number of nitrogens with one attached hydrogen (secondary N) is 6. The Morgan fingerprint density at radius 1 is 0.849 bits per heavy atom. The van der Waals surface area contributed by atoms with E-state index in [4.69, 9.17) is 4.74 Å². The monoisotopic (exact) mass is 727 g/mol. The molecule has 0 aliphatic carbocycles. The van der Waals surface area contributed by atoms with Gasteiger partial charge in [-0.3, -0.25) is 24.1 Å². The Morgan fingerprint density at radius 3 is 2.11 bits per heavy atom. The average molecular weight is 728 g/mol. The van der Waals surface area contributed by atoms with Crippen LogP contribution in [0.3, 0.4) is 0 Å². The van der Waals surface area contributed by atoms with Crippen molar-refractivity contribution in [1.29, 1.82) is 0 Å². The number of hydrogen-bond donors (Lipinski definition) is 6. The molecular weight excluding hydrogens is 674 g/mol. The molecule has 284 valence electrons. The summed E-state index contributed by atoms with van der Waals surface area (Å²) < 4.78 is 5.25. The standard InChI is InChI=1S/C40H53N7O6/c1-7-41-39(51)35(25(2)3)46-36(48)27(5)43-24-32(20-28-12-9-8-10-13-28)45-38(50)31-21-30(22-33(23-31)47-19-11-18-42-40(47)52)37(49)44-26(4)29-14-16-34(53-6)17-15-29/h8-10,12-17,21-23,25-27,32,35,43H,7,11,18-20,24H2,1-6H3,(H,41,51)(H,42,52)(H,44,49)(H,45,50)(H,46,48)/t26-,27+,32+,35+/m1/s1. The Labute approximate surface area is 312 Å². The molecule has 3 aromatic carbocycles. The van der Waals surface area contributed by atoms with Crippen LogP contribution in [-0.4, -0.2) is 81.1 Å². The fourth-order valence-corrected chi connectivity index (χ4v) is 6.01. The number of methoxy groups -OCH3 is 1. The lowest BCUT2D eigenvalue weighted by atomic mass is 10.0. The molecule has 0 aromatic heterocycles. The summed E-state index contributed by atoms with van der Waals surface area (Å²) >= 11 is 0. The van der Waals surface area contributed by atoms with E-state index in [1.807, 2.05) is 82.3 Å². The number of ether oxygens (including phenoxy) is 1. The maximum absolute atomic E-state index is 14.1. The minimum atomic E-state index is -0.689. The zero-order valence-electron chi connectivity index (χ0n) is 31.5. The van der Waals surface area contributed by atoms with Gasteiger partial charge in [-0.05, 0) is 81.0 Å².